The van der Waals surface area contributed by atoms with Gasteiger partial charge in [0.1, 0.15) is 18.3 Å². The fourth-order valence-electron chi connectivity index (χ4n) is 3.88. The fraction of sp³-hybridized carbons (Fsp3) is 0.818. The van der Waals surface area contributed by atoms with Gasteiger partial charge in [0.05, 0.1) is 12.3 Å². The van der Waals surface area contributed by atoms with Crippen molar-refractivity contribution in [2.24, 2.45) is 0 Å². The summed E-state index contributed by atoms with van der Waals surface area (Å²) in [5.41, 5.74) is 2.28. The van der Waals surface area contributed by atoms with Gasteiger partial charge < -0.3 is 24.6 Å². The van der Waals surface area contributed by atoms with Gasteiger partial charge in [-0.25, -0.2) is 0 Å². The summed E-state index contributed by atoms with van der Waals surface area (Å²) in [5.74, 6) is -0.0732. The first-order valence-corrected chi connectivity index (χ1v) is 11.3. The second-order valence-corrected chi connectivity index (χ2v) is 8.30. The van der Waals surface area contributed by atoms with Gasteiger partial charge in [0.25, 0.3) is 0 Å². The van der Waals surface area contributed by atoms with Gasteiger partial charge in [-0.3, -0.25) is 14.4 Å². The zero-order chi connectivity index (χ0) is 22.8. The summed E-state index contributed by atoms with van der Waals surface area (Å²) in [4.78, 5) is 16.3. The van der Waals surface area contributed by atoms with Gasteiger partial charge in [0.2, 0.25) is 5.91 Å². The molecule has 9 nitrogen and oxygen atoms in total. The molecular formula is C22H40N4O5. The number of rotatable bonds is 4. The van der Waals surface area contributed by atoms with Gasteiger partial charge in [-0.2, -0.15) is 5.10 Å². The molecule has 1 saturated heterocycles. The molecule has 0 spiro atoms. The van der Waals surface area contributed by atoms with Crippen molar-refractivity contribution in [2.75, 3.05) is 46.5 Å². The van der Waals surface area contributed by atoms with Crippen molar-refractivity contribution in [1.82, 2.24) is 19.6 Å². The first-order valence-electron chi connectivity index (χ1n) is 11.3. The number of methoxy groups -OCH3 is 1. The molecule has 1 aromatic rings. The predicted octanol–water partition coefficient (Wildman–Crippen LogP) is 0.799. The molecule has 3 atom stereocenters. The zero-order valence-corrected chi connectivity index (χ0v) is 19.5. The largest absolute Gasteiger partial charge is 0.388 e. The Morgan fingerprint density at radius 3 is 2.65 bits per heavy atom. The van der Waals surface area contributed by atoms with Crippen molar-refractivity contribution in [2.45, 2.75) is 71.4 Å². The number of aromatic nitrogens is 2. The predicted molar refractivity (Wildman–Crippen MR) is 118 cm³/mol. The monoisotopic (exact) mass is 440 g/mol. The summed E-state index contributed by atoms with van der Waals surface area (Å²) in [6, 6.07) is 0. The van der Waals surface area contributed by atoms with Crippen molar-refractivity contribution in [3.8, 4) is 0 Å². The minimum atomic E-state index is -1.12. The van der Waals surface area contributed by atoms with Crippen molar-refractivity contribution in [1.29, 1.82) is 0 Å². The molecule has 2 rings (SSSR count). The molecule has 9 heteroatoms. The SMILES string of the molecule is CCn1cc(CN2CCCCOC[C@H](O)[C@H](O)[C@@H](OC)CN(C(C)=O)CCC2)c(C)n1. The molecule has 1 aliphatic heterocycles. The van der Waals surface area contributed by atoms with Gasteiger partial charge >= 0.3 is 0 Å². The maximum atomic E-state index is 12.2. The number of hydrogen-bond donors (Lipinski definition) is 2. The number of carbonyl (C=O) groups is 1. The van der Waals surface area contributed by atoms with Gasteiger partial charge in [-0.15, -0.1) is 0 Å². The first kappa shape index (κ1) is 25.7. The number of ether oxygens (including phenoxy) is 2. The van der Waals surface area contributed by atoms with Crippen LogP contribution < -0.4 is 0 Å². The van der Waals surface area contributed by atoms with E-state index in [4.69, 9.17) is 9.47 Å². The Bertz CT molecular complexity index is 668. The Morgan fingerprint density at radius 2 is 2.00 bits per heavy atom. The van der Waals surface area contributed by atoms with Crippen LogP contribution in [-0.2, 0) is 27.4 Å². The van der Waals surface area contributed by atoms with Gasteiger partial charge in [-0.05, 0) is 39.7 Å². The Balaban J connectivity index is 2.08. The zero-order valence-electron chi connectivity index (χ0n) is 19.5. The number of aryl methyl sites for hydroxylation is 2. The number of nitrogens with zero attached hydrogens (tertiary/aromatic N) is 4. The Hall–Kier alpha value is -1.52. The van der Waals surface area contributed by atoms with E-state index in [1.807, 2.05) is 11.6 Å². The molecule has 31 heavy (non-hydrogen) atoms. The molecule has 0 bridgehead atoms. The molecular weight excluding hydrogens is 400 g/mol. The molecule has 0 radical (unpaired) electrons. The number of hydrogen-bond acceptors (Lipinski definition) is 7. The van der Waals surface area contributed by atoms with Crippen molar-refractivity contribution >= 4 is 5.91 Å². The summed E-state index contributed by atoms with van der Waals surface area (Å²) >= 11 is 0. The van der Waals surface area contributed by atoms with Crippen LogP contribution in [-0.4, -0.2) is 101 Å². The van der Waals surface area contributed by atoms with E-state index in [9.17, 15) is 15.0 Å². The second kappa shape index (κ2) is 13.1. The topological polar surface area (TPSA) is 100 Å². The van der Waals surface area contributed by atoms with E-state index in [-0.39, 0.29) is 19.1 Å². The maximum Gasteiger partial charge on any atom is 0.219 e. The average molecular weight is 441 g/mol. The highest BCUT2D eigenvalue weighted by Crippen LogP contribution is 2.13. The molecule has 1 aromatic heterocycles. The summed E-state index contributed by atoms with van der Waals surface area (Å²) in [7, 11) is 1.48. The van der Waals surface area contributed by atoms with Crippen LogP contribution in [0.2, 0.25) is 0 Å². The molecule has 0 saturated carbocycles. The fourth-order valence-corrected chi connectivity index (χ4v) is 3.88. The van der Waals surface area contributed by atoms with E-state index in [1.54, 1.807) is 4.90 Å². The molecule has 2 heterocycles. The quantitative estimate of drug-likeness (QED) is 0.714. The molecule has 0 aliphatic carbocycles. The molecule has 1 aliphatic rings. The lowest BCUT2D eigenvalue weighted by Crippen LogP contribution is -2.48. The van der Waals surface area contributed by atoms with E-state index in [0.717, 1.165) is 51.1 Å². The van der Waals surface area contributed by atoms with Crippen molar-refractivity contribution < 1.29 is 24.5 Å². The van der Waals surface area contributed by atoms with Crippen LogP contribution in [0, 0.1) is 6.92 Å². The third-order valence-electron chi connectivity index (χ3n) is 5.89. The Morgan fingerprint density at radius 1 is 1.26 bits per heavy atom. The first-order chi connectivity index (χ1) is 14.8. The summed E-state index contributed by atoms with van der Waals surface area (Å²) < 4.78 is 12.9. The lowest BCUT2D eigenvalue weighted by molar-refractivity contribution is -0.136. The van der Waals surface area contributed by atoms with Gasteiger partial charge in [0.15, 0.2) is 0 Å². The standard InChI is InChI=1S/C22H40N4O5/c1-5-26-14-19(17(2)23-26)13-24-9-6-7-12-31-16-20(28)22(29)21(30-4)15-25(18(3)27)11-8-10-24/h14,20-22,28-29H,5-13,15-16H2,1-4H3/t20-,21-,22-/m0/s1. The van der Waals surface area contributed by atoms with Crippen LogP contribution in [0.3, 0.4) is 0 Å². The molecule has 1 fully saturated rings. The van der Waals surface area contributed by atoms with Crippen molar-refractivity contribution in [3.63, 3.8) is 0 Å². The minimum Gasteiger partial charge on any atom is -0.388 e. The number of aliphatic hydroxyl groups is 2. The van der Waals surface area contributed by atoms with E-state index in [2.05, 4.69) is 23.1 Å². The minimum absolute atomic E-state index is 0.0419. The normalized spacial score (nSPS) is 25.7. The molecule has 2 N–H and O–H groups in total. The van der Waals surface area contributed by atoms with Crippen LogP contribution in [0.1, 0.15) is 44.4 Å². The summed E-state index contributed by atoms with van der Waals surface area (Å²) in [5, 5.41) is 25.3. The summed E-state index contributed by atoms with van der Waals surface area (Å²) in [6.45, 7) is 10.5. The maximum absolute atomic E-state index is 12.2. The lowest BCUT2D eigenvalue weighted by Gasteiger charge is -2.31. The number of carbonyl (C=O) groups excluding carboxylic acids is 1. The van der Waals surface area contributed by atoms with Crippen LogP contribution in [0.4, 0.5) is 0 Å². The Labute approximate surface area is 185 Å². The molecule has 1 amide bonds. The second-order valence-electron chi connectivity index (χ2n) is 8.30. The van der Waals surface area contributed by atoms with E-state index in [0.29, 0.717) is 13.2 Å². The van der Waals surface area contributed by atoms with E-state index < -0.39 is 18.3 Å². The van der Waals surface area contributed by atoms with Crippen molar-refractivity contribution in [3.05, 3.63) is 17.5 Å². The van der Waals surface area contributed by atoms with Gasteiger partial charge in [-0.1, -0.05) is 0 Å². The lowest BCUT2D eigenvalue weighted by atomic mass is 10.1. The third-order valence-corrected chi connectivity index (χ3v) is 5.89. The molecule has 0 unspecified atom stereocenters. The molecule has 0 aromatic carbocycles. The van der Waals surface area contributed by atoms with Crippen LogP contribution >= 0.6 is 0 Å². The smallest absolute Gasteiger partial charge is 0.219 e. The Kier molecular flexibility index (Phi) is 10.9. The third kappa shape index (κ3) is 8.16. The van der Waals surface area contributed by atoms with Crippen LogP contribution in [0.25, 0.3) is 0 Å². The summed E-state index contributed by atoms with van der Waals surface area (Å²) in [6.07, 6.45) is 1.92. The highest BCUT2D eigenvalue weighted by Gasteiger charge is 2.29. The molecule has 178 valence electrons. The number of amides is 1. The average Bonchev–Trinajstić information content (AvgIpc) is 3.10. The van der Waals surface area contributed by atoms with Gasteiger partial charge in [0, 0.05) is 65.1 Å². The van der Waals surface area contributed by atoms with E-state index >= 15 is 0 Å². The van der Waals surface area contributed by atoms with Crippen LogP contribution in [0.15, 0.2) is 6.20 Å². The highest BCUT2D eigenvalue weighted by atomic mass is 16.5. The van der Waals surface area contributed by atoms with E-state index in [1.165, 1.54) is 19.6 Å². The van der Waals surface area contributed by atoms with Crippen LogP contribution in [0.5, 0.6) is 0 Å². The number of aliphatic hydroxyl groups excluding tert-OH is 2. The highest BCUT2D eigenvalue weighted by molar-refractivity contribution is 5.73.